The molecule has 0 radical (unpaired) electrons. The van der Waals surface area contributed by atoms with Gasteiger partial charge in [0.25, 0.3) is 23.6 Å². The standard InChI is InChI=1S/C37H28F2N4O3/c38-37(39)19-23-43(33-14-7-6-13-31(33)32(37)25-34(44)42-22-8-20-40-21-24-42)36(46)27-15-17-28(18-16-27)41-35(45)30-12-5-4-11-29(30)26-9-2-1-3-10-26/h1-18,20-22,24-25H,19,23H2,(H,41,45)/b32-25+. The van der Waals surface area contributed by atoms with E-state index in [1.165, 1.54) is 41.9 Å². The molecule has 0 bridgehead atoms. The summed E-state index contributed by atoms with van der Waals surface area (Å²) in [5.41, 5.74) is 2.80. The molecule has 2 heterocycles. The average molecular weight is 615 g/mol. The lowest BCUT2D eigenvalue weighted by Gasteiger charge is -2.23. The third kappa shape index (κ3) is 6.30. The maximum atomic E-state index is 15.6. The molecule has 2 aliphatic heterocycles. The fourth-order valence-electron chi connectivity index (χ4n) is 5.37. The van der Waals surface area contributed by atoms with Crippen LogP contribution in [0.2, 0.25) is 0 Å². The van der Waals surface area contributed by atoms with Gasteiger partial charge in [0.2, 0.25) is 0 Å². The fraction of sp³-hybridized carbons (Fsp3) is 0.0811. The zero-order valence-electron chi connectivity index (χ0n) is 24.5. The molecule has 0 unspecified atom stereocenters. The largest absolute Gasteiger partial charge is 0.322 e. The van der Waals surface area contributed by atoms with Crippen LogP contribution in [0.3, 0.4) is 0 Å². The number of allylic oxidation sites excluding steroid dienone is 2. The summed E-state index contributed by atoms with van der Waals surface area (Å²) in [5, 5.41) is 2.88. The second-order valence-electron chi connectivity index (χ2n) is 10.6. The first-order chi connectivity index (χ1) is 22.3. The quantitative estimate of drug-likeness (QED) is 0.236. The van der Waals surface area contributed by atoms with Gasteiger partial charge in [-0.05, 0) is 53.6 Å². The zero-order valence-corrected chi connectivity index (χ0v) is 24.5. The number of amides is 3. The van der Waals surface area contributed by atoms with Gasteiger partial charge in [-0.3, -0.25) is 24.3 Å². The Kier molecular flexibility index (Phi) is 8.47. The highest BCUT2D eigenvalue weighted by Crippen LogP contribution is 2.43. The third-order valence-electron chi connectivity index (χ3n) is 7.67. The molecule has 7 nitrogen and oxygen atoms in total. The summed E-state index contributed by atoms with van der Waals surface area (Å²) in [7, 11) is 0. The van der Waals surface area contributed by atoms with Gasteiger partial charge in [0.1, 0.15) is 0 Å². The first-order valence-corrected chi connectivity index (χ1v) is 14.6. The van der Waals surface area contributed by atoms with Crippen molar-refractivity contribution >= 4 is 40.9 Å². The molecule has 0 aromatic heterocycles. The number of alkyl halides is 2. The Labute approximate surface area is 264 Å². The molecule has 4 aromatic rings. The Morgan fingerprint density at radius 2 is 1.50 bits per heavy atom. The van der Waals surface area contributed by atoms with E-state index >= 15 is 8.78 Å². The molecule has 9 heteroatoms. The number of anilines is 2. The molecule has 3 amide bonds. The predicted molar refractivity (Wildman–Crippen MR) is 176 cm³/mol. The highest BCUT2D eigenvalue weighted by Gasteiger charge is 2.41. The summed E-state index contributed by atoms with van der Waals surface area (Å²) in [5.74, 6) is -4.86. The van der Waals surface area contributed by atoms with Crippen LogP contribution in [0.25, 0.3) is 16.7 Å². The fourth-order valence-corrected chi connectivity index (χ4v) is 5.37. The van der Waals surface area contributed by atoms with Crippen LogP contribution in [0.5, 0.6) is 0 Å². The van der Waals surface area contributed by atoms with Crippen LogP contribution >= 0.6 is 0 Å². The second-order valence-corrected chi connectivity index (χ2v) is 10.6. The van der Waals surface area contributed by atoms with Crippen LogP contribution < -0.4 is 10.2 Å². The summed E-state index contributed by atoms with van der Waals surface area (Å²) >= 11 is 0. The highest BCUT2D eigenvalue weighted by atomic mass is 19.3. The van der Waals surface area contributed by atoms with Crippen molar-refractivity contribution < 1.29 is 23.2 Å². The predicted octanol–water partition coefficient (Wildman–Crippen LogP) is 7.57. The van der Waals surface area contributed by atoms with Crippen molar-refractivity contribution in [3.63, 3.8) is 0 Å². The van der Waals surface area contributed by atoms with Gasteiger partial charge in [-0.15, -0.1) is 0 Å². The Morgan fingerprint density at radius 3 is 2.28 bits per heavy atom. The maximum absolute atomic E-state index is 15.6. The number of benzene rings is 4. The van der Waals surface area contributed by atoms with Gasteiger partial charge in [-0.1, -0.05) is 66.7 Å². The van der Waals surface area contributed by atoms with Gasteiger partial charge in [0.15, 0.2) is 0 Å². The van der Waals surface area contributed by atoms with Crippen molar-refractivity contribution in [3.8, 4) is 11.1 Å². The molecule has 0 aliphatic carbocycles. The number of carbonyl (C=O) groups is 3. The molecular formula is C37H28F2N4O3. The van der Waals surface area contributed by atoms with E-state index in [1.807, 2.05) is 42.5 Å². The average Bonchev–Trinajstić information content (AvgIpc) is 3.43. The van der Waals surface area contributed by atoms with E-state index in [0.717, 1.165) is 22.1 Å². The lowest BCUT2D eigenvalue weighted by molar-refractivity contribution is -0.121. The van der Waals surface area contributed by atoms with Crippen LogP contribution in [0.4, 0.5) is 20.2 Å². The van der Waals surface area contributed by atoms with Crippen molar-refractivity contribution in [2.75, 3.05) is 16.8 Å². The third-order valence-corrected chi connectivity index (χ3v) is 7.67. The molecule has 46 heavy (non-hydrogen) atoms. The minimum absolute atomic E-state index is 0.0895. The van der Waals surface area contributed by atoms with Crippen LogP contribution in [0.1, 0.15) is 32.7 Å². The molecule has 0 saturated heterocycles. The maximum Gasteiger partial charge on any atom is 0.275 e. The number of hydrogen-bond acceptors (Lipinski definition) is 4. The molecule has 0 fully saturated rings. The Morgan fingerprint density at radius 1 is 0.804 bits per heavy atom. The highest BCUT2D eigenvalue weighted by molar-refractivity contribution is 6.11. The van der Waals surface area contributed by atoms with Gasteiger partial charge in [0, 0.05) is 71.8 Å². The van der Waals surface area contributed by atoms with Crippen LogP contribution in [-0.2, 0) is 4.79 Å². The molecule has 0 spiro atoms. The lowest BCUT2D eigenvalue weighted by Crippen LogP contribution is -2.33. The lowest BCUT2D eigenvalue weighted by atomic mass is 9.97. The van der Waals surface area contributed by atoms with E-state index in [-0.39, 0.29) is 29.3 Å². The molecule has 2 aliphatic rings. The smallest absolute Gasteiger partial charge is 0.275 e. The summed E-state index contributed by atoms with van der Waals surface area (Å²) in [6.07, 6.45) is 7.42. The van der Waals surface area contributed by atoms with Crippen LogP contribution in [0, 0.1) is 0 Å². The van der Waals surface area contributed by atoms with Gasteiger partial charge in [-0.2, -0.15) is 0 Å². The van der Waals surface area contributed by atoms with E-state index in [2.05, 4.69) is 10.3 Å². The van der Waals surface area contributed by atoms with Gasteiger partial charge in [-0.25, -0.2) is 8.78 Å². The van der Waals surface area contributed by atoms with Crippen molar-refractivity contribution in [2.45, 2.75) is 12.3 Å². The van der Waals surface area contributed by atoms with Crippen molar-refractivity contribution in [1.29, 1.82) is 0 Å². The number of para-hydroxylation sites is 1. The van der Waals surface area contributed by atoms with Crippen molar-refractivity contribution in [1.82, 2.24) is 4.90 Å². The minimum atomic E-state index is -3.39. The Bertz CT molecular complexity index is 1900. The van der Waals surface area contributed by atoms with Gasteiger partial charge >= 0.3 is 0 Å². The number of aliphatic imine (C=N–C) groups is 1. The Balaban J connectivity index is 1.24. The van der Waals surface area contributed by atoms with E-state index in [4.69, 9.17) is 0 Å². The number of rotatable bonds is 5. The second kappa shape index (κ2) is 13.0. The van der Waals surface area contributed by atoms with Crippen LogP contribution in [0.15, 0.2) is 139 Å². The number of nitrogens with one attached hydrogen (secondary N) is 1. The normalized spacial score (nSPS) is 16.0. The number of hydrogen-bond donors (Lipinski definition) is 1. The van der Waals surface area contributed by atoms with Gasteiger partial charge in [0.05, 0.1) is 5.69 Å². The SMILES string of the molecule is O=C(Nc1ccc(C(=O)N2CCC(F)(F)/C(=C/C(=O)N3C=CC=NC=C3)c3ccccc32)cc1)c1ccccc1-c1ccccc1. The number of carbonyl (C=O) groups excluding carboxylic acids is 3. The number of fused-ring (bicyclic) bond motifs is 1. The monoisotopic (exact) mass is 614 g/mol. The first kappa shape index (κ1) is 30.1. The van der Waals surface area contributed by atoms with E-state index in [1.54, 1.807) is 54.6 Å². The number of halogens is 2. The summed E-state index contributed by atoms with van der Waals surface area (Å²) in [6.45, 7) is -0.277. The molecule has 228 valence electrons. The first-order valence-electron chi connectivity index (χ1n) is 14.6. The molecule has 0 saturated carbocycles. The summed E-state index contributed by atoms with van der Waals surface area (Å²) < 4.78 is 31.3. The van der Waals surface area contributed by atoms with E-state index in [0.29, 0.717) is 11.3 Å². The van der Waals surface area contributed by atoms with Crippen molar-refractivity contribution in [2.24, 2.45) is 4.99 Å². The van der Waals surface area contributed by atoms with E-state index in [9.17, 15) is 14.4 Å². The molecule has 4 aromatic carbocycles. The van der Waals surface area contributed by atoms with Crippen LogP contribution in [-0.4, -0.2) is 41.3 Å². The summed E-state index contributed by atoms with van der Waals surface area (Å²) in [6, 6.07) is 29.5. The zero-order chi connectivity index (χ0) is 32.1. The van der Waals surface area contributed by atoms with E-state index < -0.39 is 29.7 Å². The van der Waals surface area contributed by atoms with Crippen molar-refractivity contribution in [3.05, 3.63) is 151 Å². The minimum Gasteiger partial charge on any atom is -0.322 e. The molecule has 0 atom stereocenters. The van der Waals surface area contributed by atoms with Gasteiger partial charge < -0.3 is 10.2 Å². The molecular weight excluding hydrogens is 586 g/mol. The molecule has 6 rings (SSSR count). The Hall–Kier alpha value is -5.96. The summed E-state index contributed by atoms with van der Waals surface area (Å²) in [4.78, 5) is 46.4. The molecule has 1 N–H and O–H groups in total. The topological polar surface area (TPSA) is 82.1 Å². The number of nitrogens with zero attached hydrogens (tertiary/aromatic N) is 3.